The highest BCUT2D eigenvalue weighted by molar-refractivity contribution is 8.23. The molecular weight excluding hydrogens is 410 g/mol. The van der Waals surface area contributed by atoms with Crippen molar-refractivity contribution in [1.82, 2.24) is 10.0 Å². The summed E-state index contributed by atoms with van der Waals surface area (Å²) in [6.45, 7) is 6.44. The maximum Gasteiger partial charge on any atom is 0.251 e. The second-order valence-corrected chi connectivity index (χ2v) is 12.8. The number of carbonyl (C=O) groups is 1. The lowest BCUT2D eigenvalue weighted by atomic mass is 9.86. The topological polar surface area (TPSA) is 93.6 Å². The van der Waals surface area contributed by atoms with Crippen molar-refractivity contribution in [2.75, 3.05) is 11.9 Å². The maximum atomic E-state index is 12.6. The van der Waals surface area contributed by atoms with Crippen LogP contribution in [0.4, 0.5) is 5.69 Å². The Morgan fingerprint density at radius 2 is 1.68 bits per heavy atom. The van der Waals surface area contributed by atoms with E-state index in [1.165, 1.54) is 19.3 Å². The van der Waals surface area contributed by atoms with Gasteiger partial charge in [-0.05, 0) is 83.4 Å². The van der Waals surface area contributed by atoms with Crippen LogP contribution in [0.2, 0.25) is 0 Å². The standard InChI is InChI=1S/C24H41N3O3S/c1-24(2,3)31(29,30)27-21-14-12-18(13-15-21)17-25-22-11-7-8-19(16-22)23(28)26-20-9-5-4-6-10-20/h7-8,11,16,18,20-21,25,27,29-30H,4-6,9-10,12-15,17H2,1-3H3,(H,26,28). The fraction of sp³-hybridized carbons (Fsp3) is 0.708. The number of nitrogens with one attached hydrogen (secondary N) is 3. The summed E-state index contributed by atoms with van der Waals surface area (Å²) in [7, 11) is -2.80. The highest BCUT2D eigenvalue weighted by atomic mass is 32.3. The van der Waals surface area contributed by atoms with Gasteiger partial charge in [-0.1, -0.05) is 25.3 Å². The summed E-state index contributed by atoms with van der Waals surface area (Å²) in [4.78, 5) is 12.6. The van der Waals surface area contributed by atoms with Gasteiger partial charge in [-0.2, -0.15) is 0 Å². The molecule has 31 heavy (non-hydrogen) atoms. The van der Waals surface area contributed by atoms with Crippen molar-refractivity contribution in [1.29, 1.82) is 0 Å². The Labute approximate surface area is 189 Å². The summed E-state index contributed by atoms with van der Waals surface area (Å²) in [6, 6.07) is 8.27. The number of carbonyl (C=O) groups excluding carboxylic acids is 1. The SMILES string of the molecule is CC(C)(C)S(O)(O)NC1CCC(CNc2cccc(C(=O)NC3CCCCC3)c2)CC1. The van der Waals surface area contributed by atoms with Crippen LogP contribution in [0.15, 0.2) is 24.3 Å². The number of amides is 1. The first-order valence-electron chi connectivity index (χ1n) is 11.8. The van der Waals surface area contributed by atoms with E-state index in [0.29, 0.717) is 12.0 Å². The molecule has 2 aliphatic rings. The smallest absolute Gasteiger partial charge is 0.251 e. The van der Waals surface area contributed by atoms with Crippen LogP contribution >= 0.6 is 10.8 Å². The Kier molecular flexibility index (Phi) is 8.30. The highest BCUT2D eigenvalue weighted by Gasteiger charge is 2.33. The van der Waals surface area contributed by atoms with Crippen LogP contribution in [0.25, 0.3) is 0 Å². The molecule has 0 spiro atoms. The van der Waals surface area contributed by atoms with Crippen LogP contribution in [0.5, 0.6) is 0 Å². The first-order valence-corrected chi connectivity index (χ1v) is 13.4. The third kappa shape index (κ3) is 7.11. The first kappa shape index (κ1) is 24.4. The van der Waals surface area contributed by atoms with Gasteiger partial charge >= 0.3 is 0 Å². The maximum absolute atomic E-state index is 12.6. The van der Waals surface area contributed by atoms with E-state index in [2.05, 4.69) is 15.4 Å². The van der Waals surface area contributed by atoms with E-state index < -0.39 is 15.5 Å². The number of benzene rings is 1. The van der Waals surface area contributed by atoms with Crippen LogP contribution in [0, 0.1) is 5.92 Å². The molecule has 176 valence electrons. The summed E-state index contributed by atoms with van der Waals surface area (Å²) in [5.74, 6) is 0.578. The van der Waals surface area contributed by atoms with Crippen molar-refractivity contribution in [2.45, 2.75) is 95.4 Å². The minimum Gasteiger partial charge on any atom is -0.385 e. The lowest BCUT2D eigenvalue weighted by molar-refractivity contribution is 0.0927. The summed E-state index contributed by atoms with van der Waals surface area (Å²) in [6.07, 6.45) is 9.86. The molecule has 1 amide bonds. The van der Waals surface area contributed by atoms with Crippen molar-refractivity contribution in [3.05, 3.63) is 29.8 Å². The molecule has 7 heteroatoms. The molecule has 5 N–H and O–H groups in total. The fourth-order valence-corrected chi connectivity index (χ4v) is 5.50. The van der Waals surface area contributed by atoms with Gasteiger partial charge in [0.15, 0.2) is 0 Å². The second-order valence-electron chi connectivity index (χ2n) is 10.3. The van der Waals surface area contributed by atoms with E-state index in [4.69, 9.17) is 0 Å². The Morgan fingerprint density at radius 1 is 1.00 bits per heavy atom. The monoisotopic (exact) mass is 451 g/mol. The van der Waals surface area contributed by atoms with Crippen LogP contribution in [0.1, 0.15) is 88.9 Å². The lowest BCUT2D eigenvalue weighted by Gasteiger charge is -2.47. The van der Waals surface area contributed by atoms with E-state index >= 15 is 0 Å². The molecule has 0 atom stereocenters. The van der Waals surface area contributed by atoms with E-state index in [0.717, 1.165) is 56.3 Å². The van der Waals surface area contributed by atoms with Crippen molar-refractivity contribution in [3.63, 3.8) is 0 Å². The molecule has 3 rings (SSSR count). The van der Waals surface area contributed by atoms with Crippen LogP contribution in [0.3, 0.4) is 0 Å². The average molecular weight is 452 g/mol. The fourth-order valence-electron chi connectivity index (χ4n) is 4.44. The molecule has 1 aromatic carbocycles. The Balaban J connectivity index is 1.44. The van der Waals surface area contributed by atoms with Crippen LogP contribution < -0.4 is 15.4 Å². The van der Waals surface area contributed by atoms with E-state index in [9.17, 15) is 13.9 Å². The van der Waals surface area contributed by atoms with Crippen molar-refractivity contribution >= 4 is 22.4 Å². The second kappa shape index (κ2) is 10.6. The molecule has 6 nitrogen and oxygen atoms in total. The van der Waals surface area contributed by atoms with Gasteiger partial charge in [0.2, 0.25) is 0 Å². The van der Waals surface area contributed by atoms with Gasteiger partial charge in [0, 0.05) is 29.9 Å². The Hall–Kier alpha value is -1.28. The minimum absolute atomic E-state index is 0.0278. The van der Waals surface area contributed by atoms with Gasteiger partial charge in [0.25, 0.3) is 5.91 Å². The molecule has 0 bridgehead atoms. The molecule has 0 aromatic heterocycles. The van der Waals surface area contributed by atoms with Gasteiger partial charge in [-0.25, -0.2) is 4.72 Å². The normalized spacial score (nSPS) is 23.9. The van der Waals surface area contributed by atoms with E-state index in [-0.39, 0.29) is 11.9 Å². The molecule has 0 aliphatic heterocycles. The quantitative estimate of drug-likeness (QED) is 0.363. The summed E-state index contributed by atoms with van der Waals surface area (Å²) < 4.78 is 23.3. The Morgan fingerprint density at radius 3 is 2.32 bits per heavy atom. The molecule has 2 saturated carbocycles. The van der Waals surface area contributed by atoms with Crippen LogP contribution in [-0.4, -0.2) is 38.4 Å². The van der Waals surface area contributed by atoms with Gasteiger partial charge in [0.05, 0.1) is 4.75 Å². The van der Waals surface area contributed by atoms with E-state index in [1.807, 2.05) is 45.0 Å². The third-order valence-corrected chi connectivity index (χ3v) is 9.06. The van der Waals surface area contributed by atoms with Gasteiger partial charge in [0.1, 0.15) is 0 Å². The zero-order valence-corrected chi connectivity index (χ0v) is 20.1. The lowest BCUT2D eigenvalue weighted by Crippen LogP contribution is -2.42. The molecule has 2 aliphatic carbocycles. The van der Waals surface area contributed by atoms with Crippen LogP contribution in [-0.2, 0) is 0 Å². The molecule has 1 aromatic rings. The molecule has 0 heterocycles. The Bertz CT molecular complexity index is 721. The number of rotatable bonds is 7. The van der Waals surface area contributed by atoms with Gasteiger partial charge < -0.3 is 10.6 Å². The zero-order chi connectivity index (χ0) is 22.5. The average Bonchev–Trinajstić information content (AvgIpc) is 2.73. The number of hydrogen-bond donors (Lipinski definition) is 5. The predicted octanol–water partition coefficient (Wildman–Crippen LogP) is 5.77. The molecular formula is C24H41N3O3S. The van der Waals surface area contributed by atoms with Crippen molar-refractivity contribution < 1.29 is 13.9 Å². The largest absolute Gasteiger partial charge is 0.385 e. The summed E-state index contributed by atoms with van der Waals surface area (Å²) in [5.41, 5.74) is 1.70. The third-order valence-electron chi connectivity index (χ3n) is 6.69. The molecule has 0 unspecified atom stereocenters. The van der Waals surface area contributed by atoms with Gasteiger partial charge in [-0.15, -0.1) is 10.8 Å². The summed E-state index contributed by atoms with van der Waals surface area (Å²) >= 11 is 0. The van der Waals surface area contributed by atoms with Gasteiger partial charge in [-0.3, -0.25) is 13.9 Å². The van der Waals surface area contributed by atoms with Crippen molar-refractivity contribution in [2.24, 2.45) is 5.92 Å². The summed E-state index contributed by atoms with van der Waals surface area (Å²) in [5, 5.41) is 6.70. The molecule has 0 radical (unpaired) electrons. The molecule has 0 saturated heterocycles. The van der Waals surface area contributed by atoms with E-state index in [1.54, 1.807) is 0 Å². The van der Waals surface area contributed by atoms with Crippen molar-refractivity contribution in [3.8, 4) is 0 Å². The molecule has 2 fully saturated rings. The minimum atomic E-state index is -2.80. The predicted molar refractivity (Wildman–Crippen MR) is 131 cm³/mol. The number of hydrogen-bond acceptors (Lipinski definition) is 5. The zero-order valence-electron chi connectivity index (χ0n) is 19.3. The number of anilines is 1. The first-order chi connectivity index (χ1) is 14.6. The highest BCUT2D eigenvalue weighted by Crippen LogP contribution is 2.49.